The number of fused-ring (bicyclic) bond motifs is 1. The summed E-state index contributed by atoms with van der Waals surface area (Å²) in [5, 5.41) is 0. The van der Waals surface area contributed by atoms with Crippen molar-refractivity contribution in [3.63, 3.8) is 0 Å². The third-order valence-corrected chi connectivity index (χ3v) is 4.55. The molecule has 2 N–H and O–H groups in total. The van der Waals surface area contributed by atoms with Crippen molar-refractivity contribution in [2.45, 2.75) is 39.0 Å². The molecule has 0 heterocycles. The maximum atomic E-state index is 5.71. The van der Waals surface area contributed by atoms with Crippen LogP contribution >= 0.6 is 15.9 Å². The van der Waals surface area contributed by atoms with E-state index in [9.17, 15) is 0 Å². The van der Waals surface area contributed by atoms with Crippen LogP contribution in [0.2, 0.25) is 0 Å². The molecule has 1 aromatic rings. The van der Waals surface area contributed by atoms with Crippen LogP contribution in [0.1, 0.15) is 35.1 Å². The summed E-state index contributed by atoms with van der Waals surface area (Å²) in [5.41, 5.74) is 11.4. The Labute approximate surface area is 112 Å². The quantitative estimate of drug-likeness (QED) is 0.930. The van der Waals surface area contributed by atoms with Crippen LogP contribution < -0.4 is 10.5 Å². The molecule has 1 aromatic carbocycles. The number of nitrogens with two attached hydrogens (primary N) is 1. The lowest BCUT2D eigenvalue weighted by molar-refractivity contribution is 0.405. The highest BCUT2D eigenvalue weighted by atomic mass is 79.9. The number of hydrogen-bond acceptors (Lipinski definition) is 2. The molecule has 0 saturated carbocycles. The second-order valence-electron chi connectivity index (χ2n) is 4.65. The average molecular weight is 298 g/mol. The molecule has 1 aliphatic carbocycles. The summed E-state index contributed by atoms with van der Waals surface area (Å²) in [4.78, 5) is 0. The van der Waals surface area contributed by atoms with Crippen LogP contribution in [0.4, 0.5) is 0 Å². The van der Waals surface area contributed by atoms with Gasteiger partial charge in [-0.3, -0.25) is 0 Å². The van der Waals surface area contributed by atoms with Gasteiger partial charge in [-0.1, -0.05) is 0 Å². The highest BCUT2D eigenvalue weighted by Crippen LogP contribution is 2.41. The first-order valence-corrected chi connectivity index (χ1v) is 7.06. The number of ether oxygens (including phenoxy) is 1. The summed E-state index contributed by atoms with van der Waals surface area (Å²) in [5.74, 6) is 0.994. The van der Waals surface area contributed by atoms with Crippen LogP contribution in [0.25, 0.3) is 0 Å². The second-order valence-corrected chi connectivity index (χ2v) is 5.45. The van der Waals surface area contributed by atoms with E-state index in [0.717, 1.165) is 23.1 Å². The van der Waals surface area contributed by atoms with Gasteiger partial charge in [-0.05, 0) is 83.8 Å². The van der Waals surface area contributed by atoms with Crippen molar-refractivity contribution >= 4 is 15.9 Å². The van der Waals surface area contributed by atoms with Gasteiger partial charge in [0.05, 0.1) is 11.6 Å². The van der Waals surface area contributed by atoms with E-state index in [4.69, 9.17) is 10.5 Å². The van der Waals surface area contributed by atoms with E-state index in [1.165, 1.54) is 41.5 Å². The largest absolute Gasteiger partial charge is 0.495 e. The van der Waals surface area contributed by atoms with E-state index in [-0.39, 0.29) is 0 Å². The van der Waals surface area contributed by atoms with Crippen LogP contribution in [-0.2, 0) is 19.3 Å². The predicted molar refractivity (Wildman–Crippen MR) is 74.8 cm³/mol. The van der Waals surface area contributed by atoms with Crippen molar-refractivity contribution in [1.82, 2.24) is 0 Å². The summed E-state index contributed by atoms with van der Waals surface area (Å²) in [6, 6.07) is 0. The molecule has 17 heavy (non-hydrogen) atoms. The van der Waals surface area contributed by atoms with Gasteiger partial charge in [-0.25, -0.2) is 0 Å². The molecule has 0 aliphatic heterocycles. The van der Waals surface area contributed by atoms with E-state index >= 15 is 0 Å². The molecule has 2 nitrogen and oxygen atoms in total. The fourth-order valence-corrected chi connectivity index (χ4v) is 3.68. The zero-order valence-electron chi connectivity index (χ0n) is 10.6. The molecule has 94 valence electrons. The third-order valence-electron chi connectivity index (χ3n) is 3.71. The number of methoxy groups -OCH3 is 1. The molecule has 0 fully saturated rings. The fourth-order valence-electron chi connectivity index (χ4n) is 2.84. The molecule has 3 heteroatoms. The molecule has 0 aromatic heterocycles. The van der Waals surface area contributed by atoms with Gasteiger partial charge in [-0.15, -0.1) is 0 Å². The first kappa shape index (κ1) is 12.9. The number of benzene rings is 1. The Hall–Kier alpha value is -0.540. The zero-order valence-corrected chi connectivity index (χ0v) is 12.2. The maximum absolute atomic E-state index is 5.71. The Morgan fingerprint density at radius 3 is 2.47 bits per heavy atom. The summed E-state index contributed by atoms with van der Waals surface area (Å²) in [7, 11) is 1.74. The van der Waals surface area contributed by atoms with Crippen molar-refractivity contribution in [2.24, 2.45) is 5.73 Å². The Morgan fingerprint density at radius 2 is 1.88 bits per heavy atom. The minimum atomic E-state index is 0.669. The van der Waals surface area contributed by atoms with Crippen LogP contribution in [-0.4, -0.2) is 13.7 Å². The normalized spacial score (nSPS) is 14.6. The van der Waals surface area contributed by atoms with Crippen molar-refractivity contribution in [2.75, 3.05) is 13.7 Å². The Kier molecular flexibility index (Phi) is 4.10. The van der Waals surface area contributed by atoms with Gasteiger partial charge in [0.15, 0.2) is 0 Å². The Bertz CT molecular complexity index is 429. The van der Waals surface area contributed by atoms with Gasteiger partial charge < -0.3 is 10.5 Å². The van der Waals surface area contributed by atoms with E-state index in [1.54, 1.807) is 7.11 Å². The predicted octanol–water partition coefficient (Wildman–Crippen LogP) is 3.15. The first-order chi connectivity index (χ1) is 8.20. The molecule has 2 rings (SSSR count). The second kappa shape index (κ2) is 5.40. The Balaban J connectivity index is 2.63. The van der Waals surface area contributed by atoms with Crippen LogP contribution in [0.15, 0.2) is 4.47 Å². The number of halogens is 1. The Morgan fingerprint density at radius 1 is 1.24 bits per heavy atom. The molecule has 0 unspecified atom stereocenters. The van der Waals surface area contributed by atoms with Crippen LogP contribution in [0, 0.1) is 6.92 Å². The summed E-state index contributed by atoms with van der Waals surface area (Å²) >= 11 is 3.72. The first-order valence-electron chi connectivity index (χ1n) is 6.27. The van der Waals surface area contributed by atoms with E-state index in [2.05, 4.69) is 22.9 Å². The van der Waals surface area contributed by atoms with Gasteiger partial charge in [0, 0.05) is 0 Å². The molecule has 0 saturated heterocycles. The third kappa shape index (κ3) is 2.23. The summed E-state index contributed by atoms with van der Waals surface area (Å²) in [6.45, 7) is 2.88. The minimum Gasteiger partial charge on any atom is -0.495 e. The molecule has 0 atom stereocenters. The van der Waals surface area contributed by atoms with Gasteiger partial charge in [0.25, 0.3) is 0 Å². The van der Waals surface area contributed by atoms with Crippen LogP contribution in [0.5, 0.6) is 5.75 Å². The molecule has 0 bridgehead atoms. The summed E-state index contributed by atoms with van der Waals surface area (Å²) < 4.78 is 6.73. The molecular formula is C14H20BrNO. The lowest BCUT2D eigenvalue weighted by atomic mass is 9.85. The van der Waals surface area contributed by atoms with E-state index in [1.807, 2.05) is 0 Å². The monoisotopic (exact) mass is 297 g/mol. The summed E-state index contributed by atoms with van der Waals surface area (Å²) in [6.07, 6.45) is 5.83. The molecule has 0 radical (unpaired) electrons. The van der Waals surface area contributed by atoms with Gasteiger partial charge >= 0.3 is 0 Å². The highest BCUT2D eigenvalue weighted by Gasteiger charge is 2.22. The molecule has 0 amide bonds. The van der Waals surface area contributed by atoms with Gasteiger partial charge in [-0.2, -0.15) is 0 Å². The SMILES string of the molecule is COc1c(Br)c2c(c(C)c1CCN)CCCC2. The highest BCUT2D eigenvalue weighted by molar-refractivity contribution is 9.10. The molecular weight excluding hydrogens is 278 g/mol. The van der Waals surface area contributed by atoms with Crippen molar-refractivity contribution in [1.29, 1.82) is 0 Å². The van der Waals surface area contributed by atoms with Crippen molar-refractivity contribution in [3.8, 4) is 5.75 Å². The van der Waals surface area contributed by atoms with Gasteiger partial charge in [0.2, 0.25) is 0 Å². The van der Waals surface area contributed by atoms with E-state index < -0.39 is 0 Å². The smallest absolute Gasteiger partial charge is 0.136 e. The number of rotatable bonds is 3. The van der Waals surface area contributed by atoms with E-state index in [0.29, 0.717) is 6.54 Å². The maximum Gasteiger partial charge on any atom is 0.136 e. The van der Waals surface area contributed by atoms with Crippen molar-refractivity contribution in [3.05, 3.63) is 26.7 Å². The molecule has 0 spiro atoms. The lowest BCUT2D eigenvalue weighted by Gasteiger charge is -2.25. The zero-order chi connectivity index (χ0) is 12.4. The standard InChI is InChI=1S/C14H20BrNO/c1-9-10-5-3-4-6-12(10)13(15)14(17-2)11(9)7-8-16/h3-8,16H2,1-2H3. The topological polar surface area (TPSA) is 35.2 Å². The van der Waals surface area contributed by atoms with Crippen LogP contribution in [0.3, 0.4) is 0 Å². The van der Waals surface area contributed by atoms with Crippen molar-refractivity contribution < 1.29 is 4.74 Å². The average Bonchev–Trinajstić information content (AvgIpc) is 2.36. The van der Waals surface area contributed by atoms with Gasteiger partial charge in [0.1, 0.15) is 5.75 Å². The fraction of sp³-hybridized carbons (Fsp3) is 0.571. The number of hydrogen-bond donors (Lipinski definition) is 1. The molecule has 1 aliphatic rings. The minimum absolute atomic E-state index is 0.669. The lowest BCUT2D eigenvalue weighted by Crippen LogP contribution is -2.13.